The highest BCUT2D eigenvalue weighted by Gasteiger charge is 2.14. The number of benzene rings is 1. The van der Waals surface area contributed by atoms with Crippen LogP contribution in [0.3, 0.4) is 0 Å². The van der Waals surface area contributed by atoms with Crippen molar-refractivity contribution in [3.8, 4) is 5.75 Å². The van der Waals surface area contributed by atoms with Crippen molar-refractivity contribution in [2.75, 3.05) is 0 Å². The maximum absolute atomic E-state index is 12.1. The number of aromatic nitrogens is 2. The molecule has 1 amide bonds. The second-order valence-electron chi connectivity index (χ2n) is 5.14. The third kappa shape index (κ3) is 3.21. The number of carbonyl (C=O) groups is 1. The van der Waals surface area contributed by atoms with E-state index in [-0.39, 0.29) is 12.3 Å². The topological polar surface area (TPSA) is 95.1 Å². The maximum atomic E-state index is 12.1. The first-order valence-electron chi connectivity index (χ1n) is 7.13. The summed E-state index contributed by atoms with van der Waals surface area (Å²) in [7, 11) is 0. The lowest BCUT2D eigenvalue weighted by Gasteiger charge is -2.09. The summed E-state index contributed by atoms with van der Waals surface area (Å²) < 4.78 is 0. The summed E-state index contributed by atoms with van der Waals surface area (Å²) in [5.41, 5.74) is 1.25. The summed E-state index contributed by atoms with van der Waals surface area (Å²) in [6, 6.07) is 10.7. The lowest BCUT2D eigenvalue weighted by Crippen LogP contribution is -2.25. The minimum atomic E-state index is -0.597. The number of H-pyrrole nitrogens is 1. The summed E-state index contributed by atoms with van der Waals surface area (Å²) in [6.07, 6.45) is 3.23. The highest BCUT2D eigenvalue weighted by Crippen LogP contribution is 2.22. The van der Waals surface area contributed by atoms with Crippen LogP contribution < -0.4 is 10.9 Å². The largest absolute Gasteiger partial charge is 0.503 e. The Morgan fingerprint density at radius 1 is 1.17 bits per heavy atom. The van der Waals surface area contributed by atoms with Crippen LogP contribution in [0.4, 0.5) is 0 Å². The molecule has 0 aliphatic heterocycles. The van der Waals surface area contributed by atoms with Gasteiger partial charge in [-0.3, -0.25) is 14.6 Å². The van der Waals surface area contributed by atoms with E-state index in [0.717, 1.165) is 5.56 Å². The number of aromatic amines is 1. The molecule has 6 nitrogen and oxygen atoms in total. The first-order valence-corrected chi connectivity index (χ1v) is 7.13. The number of pyridine rings is 2. The molecule has 0 aliphatic rings. The van der Waals surface area contributed by atoms with Gasteiger partial charge in [0.25, 0.3) is 5.56 Å². The van der Waals surface area contributed by atoms with Crippen molar-refractivity contribution >= 4 is 16.8 Å². The van der Waals surface area contributed by atoms with Gasteiger partial charge in [-0.05, 0) is 23.8 Å². The van der Waals surface area contributed by atoms with Gasteiger partial charge >= 0.3 is 0 Å². The molecule has 6 heteroatoms. The van der Waals surface area contributed by atoms with Crippen LogP contribution in [0.1, 0.15) is 11.1 Å². The molecule has 0 saturated carbocycles. The summed E-state index contributed by atoms with van der Waals surface area (Å²) in [4.78, 5) is 30.4. The molecule has 3 N–H and O–H groups in total. The zero-order valence-corrected chi connectivity index (χ0v) is 12.2. The molecule has 3 aromatic rings. The van der Waals surface area contributed by atoms with Crippen LogP contribution in [-0.2, 0) is 17.8 Å². The molecule has 2 heterocycles. The summed E-state index contributed by atoms with van der Waals surface area (Å²) in [5, 5.41) is 13.4. The summed E-state index contributed by atoms with van der Waals surface area (Å²) >= 11 is 0. The number of hydrogen-bond donors (Lipinski definition) is 3. The van der Waals surface area contributed by atoms with Crippen molar-refractivity contribution in [1.29, 1.82) is 0 Å². The zero-order valence-electron chi connectivity index (χ0n) is 12.2. The summed E-state index contributed by atoms with van der Waals surface area (Å²) in [6.45, 7) is 0.364. The van der Waals surface area contributed by atoms with Gasteiger partial charge < -0.3 is 15.4 Å². The van der Waals surface area contributed by atoms with Crippen LogP contribution in [0, 0.1) is 0 Å². The predicted octanol–water partition coefficient (Wildman–Crippen LogP) is 1.49. The first-order chi connectivity index (χ1) is 11.1. The SMILES string of the molecule is O=C(Cc1c(O)c(=O)[nH]c2ccccc12)NCc1ccncc1. The zero-order chi connectivity index (χ0) is 16.2. The van der Waals surface area contributed by atoms with Gasteiger partial charge in [-0.15, -0.1) is 0 Å². The Morgan fingerprint density at radius 2 is 1.91 bits per heavy atom. The van der Waals surface area contributed by atoms with Gasteiger partial charge in [0, 0.05) is 35.4 Å². The molecule has 0 radical (unpaired) electrons. The minimum Gasteiger partial charge on any atom is -0.503 e. The van der Waals surface area contributed by atoms with Gasteiger partial charge in [0.15, 0.2) is 5.75 Å². The van der Waals surface area contributed by atoms with Crippen molar-refractivity contribution in [3.63, 3.8) is 0 Å². The van der Waals surface area contributed by atoms with Crippen molar-refractivity contribution < 1.29 is 9.90 Å². The second kappa shape index (κ2) is 6.31. The number of aromatic hydroxyl groups is 1. The molecule has 0 unspecified atom stereocenters. The van der Waals surface area contributed by atoms with Gasteiger partial charge in [-0.25, -0.2) is 0 Å². The Hall–Kier alpha value is -3.15. The van der Waals surface area contributed by atoms with Crippen molar-refractivity contribution in [3.05, 3.63) is 70.3 Å². The molecule has 0 aliphatic carbocycles. The monoisotopic (exact) mass is 309 g/mol. The van der Waals surface area contributed by atoms with E-state index in [1.807, 2.05) is 0 Å². The van der Waals surface area contributed by atoms with Crippen LogP contribution in [0.25, 0.3) is 10.9 Å². The highest BCUT2D eigenvalue weighted by molar-refractivity contribution is 5.89. The smallest absolute Gasteiger partial charge is 0.290 e. The molecule has 0 spiro atoms. The third-order valence-corrected chi connectivity index (χ3v) is 3.58. The van der Waals surface area contributed by atoms with E-state index in [1.165, 1.54) is 0 Å². The van der Waals surface area contributed by atoms with E-state index in [1.54, 1.807) is 48.8 Å². The van der Waals surface area contributed by atoms with Crippen molar-refractivity contribution in [1.82, 2.24) is 15.3 Å². The number of nitrogens with one attached hydrogen (secondary N) is 2. The van der Waals surface area contributed by atoms with Crippen LogP contribution >= 0.6 is 0 Å². The van der Waals surface area contributed by atoms with E-state index in [9.17, 15) is 14.7 Å². The average Bonchev–Trinajstić information content (AvgIpc) is 2.58. The number of rotatable bonds is 4. The van der Waals surface area contributed by atoms with E-state index in [0.29, 0.717) is 23.0 Å². The van der Waals surface area contributed by atoms with E-state index in [2.05, 4.69) is 15.3 Å². The van der Waals surface area contributed by atoms with E-state index >= 15 is 0 Å². The van der Waals surface area contributed by atoms with Crippen molar-refractivity contribution in [2.24, 2.45) is 0 Å². The Bertz CT molecular complexity index is 904. The lowest BCUT2D eigenvalue weighted by atomic mass is 10.0. The third-order valence-electron chi connectivity index (χ3n) is 3.58. The van der Waals surface area contributed by atoms with Gasteiger partial charge in [0.2, 0.25) is 5.91 Å². The van der Waals surface area contributed by atoms with E-state index in [4.69, 9.17) is 0 Å². The van der Waals surface area contributed by atoms with Crippen LogP contribution in [0.5, 0.6) is 5.75 Å². The highest BCUT2D eigenvalue weighted by atomic mass is 16.3. The summed E-state index contributed by atoms with van der Waals surface area (Å²) in [5.74, 6) is -0.685. The van der Waals surface area contributed by atoms with Crippen molar-refractivity contribution in [2.45, 2.75) is 13.0 Å². The molecular formula is C17H15N3O3. The first kappa shape index (κ1) is 14.8. The second-order valence-corrected chi connectivity index (χ2v) is 5.14. The number of carbonyl (C=O) groups excluding carboxylic acids is 1. The Morgan fingerprint density at radius 3 is 2.70 bits per heavy atom. The standard InChI is InChI=1S/C17H15N3O3/c21-15(19-10-11-5-7-18-8-6-11)9-13-12-3-1-2-4-14(12)20-17(23)16(13)22/h1-8,22H,9-10H2,(H,19,21)(H,20,23). The molecule has 0 fully saturated rings. The number of para-hydroxylation sites is 1. The van der Waals surface area contributed by atoms with Gasteiger partial charge in [0.05, 0.1) is 6.42 Å². The molecule has 1 aromatic carbocycles. The fraction of sp³-hybridized carbons (Fsp3) is 0.118. The molecule has 116 valence electrons. The fourth-order valence-corrected chi connectivity index (χ4v) is 2.40. The van der Waals surface area contributed by atoms with Gasteiger partial charge in [0.1, 0.15) is 0 Å². The maximum Gasteiger partial charge on any atom is 0.290 e. The lowest BCUT2D eigenvalue weighted by molar-refractivity contribution is -0.120. The molecular weight excluding hydrogens is 294 g/mol. The van der Waals surface area contributed by atoms with Gasteiger partial charge in [-0.1, -0.05) is 18.2 Å². The van der Waals surface area contributed by atoms with Crippen LogP contribution in [0.2, 0.25) is 0 Å². The molecule has 0 bridgehead atoms. The molecule has 0 atom stereocenters. The number of hydrogen-bond acceptors (Lipinski definition) is 4. The van der Waals surface area contributed by atoms with Gasteiger partial charge in [-0.2, -0.15) is 0 Å². The molecule has 2 aromatic heterocycles. The quantitative estimate of drug-likeness (QED) is 0.680. The van der Waals surface area contributed by atoms with E-state index < -0.39 is 11.3 Å². The molecule has 0 saturated heterocycles. The average molecular weight is 309 g/mol. The Balaban J connectivity index is 1.82. The van der Waals surface area contributed by atoms with Crippen LogP contribution in [0.15, 0.2) is 53.6 Å². The Kier molecular flexibility index (Phi) is 4.05. The Labute approximate surface area is 131 Å². The number of fused-ring (bicyclic) bond motifs is 1. The predicted molar refractivity (Wildman–Crippen MR) is 86.0 cm³/mol. The molecule has 23 heavy (non-hydrogen) atoms. The normalized spacial score (nSPS) is 10.6. The number of amides is 1. The fourth-order valence-electron chi connectivity index (χ4n) is 2.40. The molecule has 3 rings (SSSR count). The number of nitrogens with zero attached hydrogens (tertiary/aromatic N) is 1. The minimum absolute atomic E-state index is 0.0681. The van der Waals surface area contributed by atoms with Crippen LogP contribution in [-0.4, -0.2) is 21.0 Å².